The topological polar surface area (TPSA) is 66.5 Å². The van der Waals surface area contributed by atoms with Gasteiger partial charge in [-0.25, -0.2) is 0 Å². The Morgan fingerprint density at radius 3 is 2.42 bits per heavy atom. The van der Waals surface area contributed by atoms with Gasteiger partial charge >= 0.3 is 0 Å². The number of halogens is 1. The molecule has 0 radical (unpaired) electrons. The number of anilines is 1. The minimum atomic E-state index is -0.319. The summed E-state index contributed by atoms with van der Waals surface area (Å²) >= 11 is 4.33. The molecule has 5 nitrogen and oxygen atoms in total. The van der Waals surface area contributed by atoms with E-state index < -0.39 is 0 Å². The number of benzene rings is 3. The highest BCUT2D eigenvalue weighted by molar-refractivity contribution is 9.10. The van der Waals surface area contributed by atoms with Gasteiger partial charge in [0.2, 0.25) is 0 Å². The lowest BCUT2D eigenvalue weighted by atomic mass is 10.1. The van der Waals surface area contributed by atoms with Crippen molar-refractivity contribution in [1.82, 2.24) is 4.90 Å². The van der Waals surface area contributed by atoms with Crippen molar-refractivity contribution in [2.75, 3.05) is 5.32 Å². The predicted octanol–water partition coefficient (Wildman–Crippen LogP) is 5.94. The maximum Gasteiger partial charge on any atom is 0.293 e. The SMILES string of the molecule is O=C(Nc1ccccc1)c1ccc(CN2C(=O)S/C(=C\c3cccc(Br)c3)C2=O)cc1. The summed E-state index contributed by atoms with van der Waals surface area (Å²) in [4.78, 5) is 39.1. The summed E-state index contributed by atoms with van der Waals surface area (Å²) in [5, 5.41) is 2.52. The monoisotopic (exact) mass is 492 g/mol. The maximum absolute atomic E-state index is 12.7. The Balaban J connectivity index is 1.43. The standard InChI is InChI=1S/C24H17BrN2O3S/c25-19-6-4-5-17(13-19)14-21-23(29)27(24(30)31-21)15-16-9-11-18(12-10-16)22(28)26-20-7-2-1-3-8-20/h1-14H,15H2,(H,26,28)/b21-14-. The zero-order valence-corrected chi connectivity index (χ0v) is 18.7. The van der Waals surface area contributed by atoms with Gasteiger partial charge in [-0.1, -0.05) is 58.4 Å². The summed E-state index contributed by atoms with van der Waals surface area (Å²) in [5.74, 6) is -0.540. The summed E-state index contributed by atoms with van der Waals surface area (Å²) in [6, 6.07) is 23.6. The van der Waals surface area contributed by atoms with Gasteiger partial charge in [0.25, 0.3) is 17.1 Å². The molecule has 1 aliphatic heterocycles. The Morgan fingerprint density at radius 1 is 0.968 bits per heavy atom. The molecule has 0 atom stereocenters. The summed E-state index contributed by atoms with van der Waals surface area (Å²) in [7, 11) is 0. The lowest BCUT2D eigenvalue weighted by molar-refractivity contribution is -0.123. The van der Waals surface area contributed by atoms with Crippen molar-refractivity contribution >= 4 is 56.5 Å². The number of nitrogens with one attached hydrogen (secondary N) is 1. The second-order valence-corrected chi connectivity index (χ2v) is 8.75. The fraction of sp³-hybridized carbons (Fsp3) is 0.0417. The highest BCUT2D eigenvalue weighted by atomic mass is 79.9. The number of carbonyl (C=O) groups is 3. The van der Waals surface area contributed by atoms with Crippen LogP contribution >= 0.6 is 27.7 Å². The number of thioether (sulfide) groups is 1. The first kappa shape index (κ1) is 21.1. The maximum atomic E-state index is 12.7. The molecule has 1 fully saturated rings. The molecule has 0 spiro atoms. The molecule has 1 heterocycles. The second-order valence-electron chi connectivity index (χ2n) is 6.84. The van der Waals surface area contributed by atoms with Gasteiger partial charge < -0.3 is 5.32 Å². The minimum absolute atomic E-state index is 0.154. The van der Waals surface area contributed by atoms with Gasteiger partial charge in [0.15, 0.2) is 0 Å². The van der Waals surface area contributed by atoms with Crippen molar-refractivity contribution in [1.29, 1.82) is 0 Å². The van der Waals surface area contributed by atoms with Crippen LogP contribution in [0.4, 0.5) is 10.5 Å². The Hall–Kier alpha value is -3.16. The first-order valence-corrected chi connectivity index (χ1v) is 11.1. The third kappa shape index (κ3) is 5.13. The Morgan fingerprint density at radius 2 is 1.71 bits per heavy atom. The molecule has 0 unspecified atom stereocenters. The van der Waals surface area contributed by atoms with E-state index in [1.165, 1.54) is 4.90 Å². The average Bonchev–Trinajstić information content (AvgIpc) is 3.02. The quantitative estimate of drug-likeness (QED) is 0.447. The number of imide groups is 1. The Kier molecular flexibility index (Phi) is 6.34. The Labute approximate surface area is 192 Å². The second kappa shape index (κ2) is 9.32. The molecule has 31 heavy (non-hydrogen) atoms. The molecule has 1 aliphatic rings. The molecule has 0 aromatic heterocycles. The van der Waals surface area contributed by atoms with Gasteiger partial charge in [0.1, 0.15) is 0 Å². The van der Waals surface area contributed by atoms with Gasteiger partial charge in [0.05, 0.1) is 11.4 Å². The number of nitrogens with zero attached hydrogens (tertiary/aromatic N) is 1. The van der Waals surface area contributed by atoms with E-state index in [-0.39, 0.29) is 23.6 Å². The van der Waals surface area contributed by atoms with Crippen LogP contribution in [-0.2, 0) is 11.3 Å². The van der Waals surface area contributed by atoms with Crippen LogP contribution in [0.3, 0.4) is 0 Å². The summed E-state index contributed by atoms with van der Waals surface area (Å²) in [6.07, 6.45) is 1.71. The smallest absolute Gasteiger partial charge is 0.293 e. The molecule has 1 N–H and O–H groups in total. The van der Waals surface area contributed by atoms with E-state index in [2.05, 4.69) is 21.2 Å². The van der Waals surface area contributed by atoms with E-state index in [1.807, 2.05) is 54.6 Å². The number of carbonyl (C=O) groups excluding carboxylic acids is 3. The lowest BCUT2D eigenvalue weighted by Crippen LogP contribution is -2.27. The van der Waals surface area contributed by atoms with Gasteiger partial charge in [-0.05, 0) is 65.4 Å². The van der Waals surface area contributed by atoms with Crippen LogP contribution in [-0.4, -0.2) is 22.0 Å². The van der Waals surface area contributed by atoms with Crippen molar-refractivity contribution in [3.8, 4) is 0 Å². The van der Waals surface area contributed by atoms with E-state index in [4.69, 9.17) is 0 Å². The van der Waals surface area contributed by atoms with Crippen LogP contribution in [0.2, 0.25) is 0 Å². The number of hydrogen-bond acceptors (Lipinski definition) is 4. The van der Waals surface area contributed by atoms with Crippen LogP contribution in [0.25, 0.3) is 6.08 Å². The molecular formula is C24H17BrN2O3S. The highest BCUT2D eigenvalue weighted by Gasteiger charge is 2.35. The number of amides is 3. The van der Waals surface area contributed by atoms with Crippen molar-refractivity contribution in [3.05, 3.63) is 105 Å². The van der Waals surface area contributed by atoms with Crippen LogP contribution in [0.1, 0.15) is 21.5 Å². The highest BCUT2D eigenvalue weighted by Crippen LogP contribution is 2.33. The molecule has 0 saturated carbocycles. The molecule has 3 amide bonds. The van der Waals surface area contributed by atoms with Gasteiger partial charge in [-0.2, -0.15) is 0 Å². The first-order valence-electron chi connectivity index (χ1n) is 9.46. The zero-order chi connectivity index (χ0) is 21.8. The summed E-state index contributed by atoms with van der Waals surface area (Å²) < 4.78 is 0.900. The first-order chi connectivity index (χ1) is 15.0. The number of para-hydroxylation sites is 1. The summed E-state index contributed by atoms with van der Waals surface area (Å²) in [6.45, 7) is 0.154. The lowest BCUT2D eigenvalue weighted by Gasteiger charge is -2.13. The fourth-order valence-corrected chi connectivity index (χ4v) is 4.31. The van der Waals surface area contributed by atoms with Crippen LogP contribution in [0.15, 0.2) is 88.2 Å². The van der Waals surface area contributed by atoms with Gasteiger partial charge in [-0.3, -0.25) is 19.3 Å². The molecule has 3 aromatic carbocycles. The third-order valence-corrected chi connectivity index (χ3v) is 6.01. The summed E-state index contributed by atoms with van der Waals surface area (Å²) in [5.41, 5.74) is 2.82. The number of rotatable bonds is 5. The molecule has 0 bridgehead atoms. The van der Waals surface area contributed by atoms with Crippen molar-refractivity contribution in [3.63, 3.8) is 0 Å². The van der Waals surface area contributed by atoms with E-state index in [0.29, 0.717) is 16.2 Å². The van der Waals surface area contributed by atoms with Crippen LogP contribution < -0.4 is 5.32 Å². The third-order valence-electron chi connectivity index (χ3n) is 4.61. The van der Waals surface area contributed by atoms with Crippen molar-refractivity contribution in [2.45, 2.75) is 6.54 Å². The largest absolute Gasteiger partial charge is 0.322 e. The van der Waals surface area contributed by atoms with E-state index in [9.17, 15) is 14.4 Å². The molecule has 7 heteroatoms. The van der Waals surface area contributed by atoms with Crippen molar-refractivity contribution in [2.24, 2.45) is 0 Å². The van der Waals surface area contributed by atoms with E-state index >= 15 is 0 Å². The molecule has 154 valence electrons. The molecule has 4 rings (SSSR count). The number of hydrogen-bond donors (Lipinski definition) is 1. The molecule has 1 saturated heterocycles. The van der Waals surface area contributed by atoms with Crippen molar-refractivity contribution < 1.29 is 14.4 Å². The average molecular weight is 493 g/mol. The van der Waals surface area contributed by atoms with Gasteiger partial charge in [0, 0.05) is 15.7 Å². The molecular weight excluding hydrogens is 476 g/mol. The van der Waals surface area contributed by atoms with Gasteiger partial charge in [-0.15, -0.1) is 0 Å². The normalized spacial score (nSPS) is 14.9. The minimum Gasteiger partial charge on any atom is -0.322 e. The zero-order valence-electron chi connectivity index (χ0n) is 16.2. The van der Waals surface area contributed by atoms with E-state index in [1.54, 1.807) is 30.3 Å². The predicted molar refractivity (Wildman–Crippen MR) is 126 cm³/mol. The van der Waals surface area contributed by atoms with E-state index in [0.717, 1.165) is 27.4 Å². The molecule has 3 aromatic rings. The molecule has 0 aliphatic carbocycles. The van der Waals surface area contributed by atoms with Crippen LogP contribution in [0, 0.1) is 0 Å². The Bertz CT molecular complexity index is 1180. The van der Waals surface area contributed by atoms with Crippen LogP contribution in [0.5, 0.6) is 0 Å². The fourth-order valence-electron chi connectivity index (χ4n) is 3.05.